The molecule has 5 rings (SSSR count). The SMILES string of the molecule is COCc1ccc(-n2nc(C(=O)N3CCOCC3)c3c2-c2ccccc2S(=O)(=O)C3)cc1. The van der Waals surface area contributed by atoms with E-state index in [0.717, 1.165) is 11.3 Å². The Kier molecular flexibility index (Phi) is 5.32. The van der Waals surface area contributed by atoms with Gasteiger partial charge in [-0.3, -0.25) is 4.79 Å². The van der Waals surface area contributed by atoms with E-state index in [-0.39, 0.29) is 22.2 Å². The summed E-state index contributed by atoms with van der Waals surface area (Å²) in [5.74, 6) is -0.527. The largest absolute Gasteiger partial charge is 0.380 e. The zero-order valence-electron chi connectivity index (χ0n) is 17.7. The highest BCUT2D eigenvalue weighted by molar-refractivity contribution is 7.90. The lowest BCUT2D eigenvalue weighted by Gasteiger charge is -2.26. The number of fused-ring (bicyclic) bond motifs is 3. The van der Waals surface area contributed by atoms with Gasteiger partial charge >= 0.3 is 0 Å². The van der Waals surface area contributed by atoms with Crippen LogP contribution in [0.3, 0.4) is 0 Å². The number of hydrogen-bond acceptors (Lipinski definition) is 6. The lowest BCUT2D eigenvalue weighted by Crippen LogP contribution is -2.41. The van der Waals surface area contributed by atoms with Crippen molar-refractivity contribution in [3.05, 3.63) is 65.4 Å². The molecule has 0 spiro atoms. The fourth-order valence-electron chi connectivity index (χ4n) is 4.24. The smallest absolute Gasteiger partial charge is 0.274 e. The zero-order chi connectivity index (χ0) is 22.3. The Morgan fingerprint density at radius 1 is 1.09 bits per heavy atom. The van der Waals surface area contributed by atoms with Gasteiger partial charge < -0.3 is 14.4 Å². The summed E-state index contributed by atoms with van der Waals surface area (Å²) in [7, 11) is -1.95. The van der Waals surface area contributed by atoms with Gasteiger partial charge in [-0.05, 0) is 23.8 Å². The van der Waals surface area contributed by atoms with E-state index in [2.05, 4.69) is 5.10 Å². The minimum absolute atomic E-state index is 0.181. The van der Waals surface area contributed by atoms with Gasteiger partial charge in [-0.2, -0.15) is 5.10 Å². The van der Waals surface area contributed by atoms with Crippen molar-refractivity contribution in [2.75, 3.05) is 33.4 Å². The van der Waals surface area contributed by atoms with Crippen LogP contribution in [0.25, 0.3) is 16.9 Å². The number of carbonyl (C=O) groups excluding carboxylic acids is 1. The van der Waals surface area contributed by atoms with Gasteiger partial charge in [0.15, 0.2) is 15.5 Å². The Morgan fingerprint density at radius 2 is 1.81 bits per heavy atom. The average molecular weight is 454 g/mol. The number of morpholine rings is 1. The van der Waals surface area contributed by atoms with Crippen LogP contribution in [0.5, 0.6) is 0 Å². The highest BCUT2D eigenvalue weighted by Gasteiger charge is 2.37. The van der Waals surface area contributed by atoms with Gasteiger partial charge in [-0.1, -0.05) is 30.3 Å². The monoisotopic (exact) mass is 453 g/mol. The third-order valence-corrected chi connectivity index (χ3v) is 7.48. The third-order valence-electron chi connectivity index (χ3n) is 5.79. The second-order valence-corrected chi connectivity index (χ2v) is 9.80. The number of benzene rings is 2. The third kappa shape index (κ3) is 3.52. The highest BCUT2D eigenvalue weighted by Crippen LogP contribution is 2.40. The maximum absolute atomic E-state index is 13.4. The molecule has 3 aromatic rings. The lowest BCUT2D eigenvalue weighted by atomic mass is 10.0. The number of hydrogen-bond donors (Lipinski definition) is 0. The second-order valence-electron chi connectivity index (χ2n) is 7.85. The molecule has 32 heavy (non-hydrogen) atoms. The van der Waals surface area contributed by atoms with E-state index in [1.54, 1.807) is 41.0 Å². The molecule has 0 N–H and O–H groups in total. The van der Waals surface area contributed by atoms with Crippen LogP contribution in [-0.2, 0) is 31.7 Å². The summed E-state index contributed by atoms with van der Waals surface area (Å²) in [6.45, 7) is 2.30. The van der Waals surface area contributed by atoms with Gasteiger partial charge in [0.25, 0.3) is 5.91 Å². The van der Waals surface area contributed by atoms with E-state index < -0.39 is 9.84 Å². The fourth-order valence-corrected chi connectivity index (χ4v) is 5.83. The summed E-state index contributed by atoms with van der Waals surface area (Å²) in [5.41, 5.74) is 3.58. The molecule has 9 heteroatoms. The molecule has 0 atom stereocenters. The number of ether oxygens (including phenoxy) is 2. The van der Waals surface area contributed by atoms with Crippen LogP contribution in [0, 0.1) is 0 Å². The predicted octanol–water partition coefficient (Wildman–Crippen LogP) is 2.45. The zero-order valence-corrected chi connectivity index (χ0v) is 18.5. The van der Waals surface area contributed by atoms with Crippen LogP contribution in [0.15, 0.2) is 53.4 Å². The Bertz CT molecular complexity index is 1280. The first kappa shape index (κ1) is 20.9. The number of carbonyl (C=O) groups is 1. The number of aromatic nitrogens is 2. The normalized spacial score (nSPS) is 17.0. The quantitative estimate of drug-likeness (QED) is 0.603. The lowest BCUT2D eigenvalue weighted by molar-refractivity contribution is 0.0298. The van der Waals surface area contributed by atoms with Gasteiger partial charge in [0.1, 0.15) is 0 Å². The van der Waals surface area contributed by atoms with Gasteiger partial charge in [-0.25, -0.2) is 13.1 Å². The molecular weight excluding hydrogens is 430 g/mol. The van der Waals surface area contributed by atoms with E-state index in [1.807, 2.05) is 24.3 Å². The number of nitrogens with zero attached hydrogens (tertiary/aromatic N) is 3. The standard InChI is InChI=1S/C23H23N3O5S/c1-30-14-16-6-8-17(9-7-16)26-22-18-4-2-3-5-20(18)32(28,29)15-19(22)21(24-26)23(27)25-10-12-31-13-11-25/h2-9H,10-15H2,1H3. The van der Waals surface area contributed by atoms with Crippen molar-refractivity contribution < 1.29 is 22.7 Å². The summed E-state index contributed by atoms with van der Waals surface area (Å²) in [6.07, 6.45) is 0. The van der Waals surface area contributed by atoms with Crippen molar-refractivity contribution in [3.63, 3.8) is 0 Å². The summed E-state index contributed by atoms with van der Waals surface area (Å²) < 4.78 is 38.3. The molecule has 0 radical (unpaired) electrons. The fraction of sp³-hybridized carbons (Fsp3) is 0.304. The maximum atomic E-state index is 13.4. The van der Waals surface area contributed by atoms with Gasteiger partial charge in [-0.15, -0.1) is 0 Å². The summed E-state index contributed by atoms with van der Waals surface area (Å²) >= 11 is 0. The van der Waals surface area contributed by atoms with Crippen LogP contribution in [0.4, 0.5) is 0 Å². The van der Waals surface area contributed by atoms with Crippen LogP contribution >= 0.6 is 0 Å². The minimum atomic E-state index is -3.59. The summed E-state index contributed by atoms with van der Waals surface area (Å²) in [6, 6.07) is 14.5. The van der Waals surface area contributed by atoms with E-state index in [1.165, 1.54) is 0 Å². The summed E-state index contributed by atoms with van der Waals surface area (Å²) in [4.78, 5) is 15.3. The number of methoxy groups -OCH3 is 1. The molecule has 2 aliphatic heterocycles. The molecule has 0 saturated carbocycles. The highest BCUT2D eigenvalue weighted by atomic mass is 32.2. The number of sulfone groups is 1. The van der Waals surface area contributed by atoms with E-state index >= 15 is 0 Å². The van der Waals surface area contributed by atoms with Crippen LogP contribution in [0.1, 0.15) is 21.6 Å². The molecule has 166 valence electrons. The molecule has 2 aromatic carbocycles. The van der Waals surface area contributed by atoms with Gasteiger partial charge in [0.05, 0.1) is 41.9 Å². The first-order valence-corrected chi connectivity index (χ1v) is 12.0. The van der Waals surface area contributed by atoms with Crippen molar-refractivity contribution in [1.82, 2.24) is 14.7 Å². The van der Waals surface area contributed by atoms with Crippen LogP contribution < -0.4 is 0 Å². The average Bonchev–Trinajstić information content (AvgIpc) is 3.18. The van der Waals surface area contributed by atoms with Crippen molar-refractivity contribution in [3.8, 4) is 16.9 Å². The molecule has 2 aliphatic rings. The minimum Gasteiger partial charge on any atom is -0.380 e. The molecule has 1 amide bonds. The van der Waals surface area contributed by atoms with E-state index in [4.69, 9.17) is 9.47 Å². The molecule has 3 heterocycles. The van der Waals surface area contributed by atoms with Crippen LogP contribution in [-0.4, -0.2) is 62.4 Å². The molecule has 0 aliphatic carbocycles. The Morgan fingerprint density at radius 3 is 2.53 bits per heavy atom. The van der Waals surface area contributed by atoms with Crippen molar-refractivity contribution >= 4 is 15.7 Å². The Balaban J connectivity index is 1.70. The van der Waals surface area contributed by atoms with Gasteiger partial charge in [0, 0.05) is 31.3 Å². The van der Waals surface area contributed by atoms with Crippen molar-refractivity contribution in [2.24, 2.45) is 0 Å². The van der Waals surface area contributed by atoms with Crippen LogP contribution in [0.2, 0.25) is 0 Å². The first-order chi connectivity index (χ1) is 15.5. The maximum Gasteiger partial charge on any atom is 0.274 e. The molecule has 8 nitrogen and oxygen atoms in total. The predicted molar refractivity (Wildman–Crippen MR) is 117 cm³/mol. The molecule has 1 aromatic heterocycles. The second kappa shape index (κ2) is 8.16. The van der Waals surface area contributed by atoms with E-state index in [0.29, 0.717) is 49.7 Å². The molecule has 1 saturated heterocycles. The molecule has 1 fully saturated rings. The van der Waals surface area contributed by atoms with Crippen molar-refractivity contribution in [2.45, 2.75) is 17.3 Å². The number of rotatable bonds is 4. The Labute approximate surface area is 186 Å². The molecular formula is C23H23N3O5S. The topological polar surface area (TPSA) is 90.7 Å². The molecule has 0 unspecified atom stereocenters. The van der Waals surface area contributed by atoms with E-state index in [9.17, 15) is 13.2 Å². The summed E-state index contributed by atoms with van der Waals surface area (Å²) in [5, 5.41) is 4.67. The first-order valence-electron chi connectivity index (χ1n) is 10.4. The number of amides is 1. The Hall–Kier alpha value is -3.01. The van der Waals surface area contributed by atoms with Gasteiger partial charge in [0.2, 0.25) is 0 Å². The van der Waals surface area contributed by atoms with Crippen molar-refractivity contribution in [1.29, 1.82) is 0 Å². The molecule has 0 bridgehead atoms.